The van der Waals surface area contributed by atoms with Gasteiger partial charge in [-0.1, -0.05) is 44.0 Å². The van der Waals surface area contributed by atoms with E-state index in [1.807, 2.05) is 12.1 Å². The van der Waals surface area contributed by atoms with Gasteiger partial charge in [0.2, 0.25) is 0 Å². The zero-order chi connectivity index (χ0) is 19.2. The average molecular weight is 363 g/mol. The molecule has 0 bridgehead atoms. The number of benzene rings is 2. The highest BCUT2D eigenvalue weighted by molar-refractivity contribution is 5.64. The van der Waals surface area contributed by atoms with Crippen LogP contribution in [0.1, 0.15) is 37.3 Å². The summed E-state index contributed by atoms with van der Waals surface area (Å²) in [6.07, 6.45) is 7.94. The minimum atomic E-state index is -0.918. The number of aryl methyl sites for hydroxylation is 1. The van der Waals surface area contributed by atoms with Crippen molar-refractivity contribution in [3.63, 3.8) is 0 Å². The molecule has 0 fully saturated rings. The molecule has 0 amide bonds. The van der Waals surface area contributed by atoms with Crippen molar-refractivity contribution in [2.75, 3.05) is 0 Å². The summed E-state index contributed by atoms with van der Waals surface area (Å²) in [5, 5.41) is 8.74. The van der Waals surface area contributed by atoms with Crippen molar-refractivity contribution >= 4 is 0 Å². The first-order chi connectivity index (χ1) is 13.1. The SMILES string of the molecule is CCCCCc1ccc(-c2cnc(-c3cc(F)c(C#N)c(F)c3)nc2)cc1. The molecule has 0 aliphatic rings. The monoisotopic (exact) mass is 363 g/mol. The van der Waals surface area contributed by atoms with E-state index in [9.17, 15) is 8.78 Å². The number of nitriles is 1. The van der Waals surface area contributed by atoms with Crippen molar-refractivity contribution in [3.8, 4) is 28.6 Å². The van der Waals surface area contributed by atoms with E-state index in [4.69, 9.17) is 5.26 Å². The van der Waals surface area contributed by atoms with Gasteiger partial charge < -0.3 is 0 Å². The van der Waals surface area contributed by atoms with Crippen molar-refractivity contribution in [3.05, 3.63) is 71.6 Å². The number of halogens is 2. The van der Waals surface area contributed by atoms with Gasteiger partial charge in [-0.2, -0.15) is 5.26 Å². The Balaban J connectivity index is 1.79. The smallest absolute Gasteiger partial charge is 0.159 e. The lowest BCUT2D eigenvalue weighted by Crippen LogP contribution is -1.95. The van der Waals surface area contributed by atoms with Crippen LogP contribution < -0.4 is 0 Å². The Morgan fingerprint density at radius 3 is 2.07 bits per heavy atom. The molecule has 1 heterocycles. The highest BCUT2D eigenvalue weighted by Crippen LogP contribution is 2.24. The zero-order valence-electron chi connectivity index (χ0n) is 15.0. The van der Waals surface area contributed by atoms with Gasteiger partial charge in [0.25, 0.3) is 0 Å². The van der Waals surface area contributed by atoms with Crippen molar-refractivity contribution in [1.82, 2.24) is 9.97 Å². The minimum Gasteiger partial charge on any atom is -0.236 e. The molecule has 0 unspecified atom stereocenters. The Hall–Kier alpha value is -3.13. The van der Waals surface area contributed by atoms with Gasteiger partial charge >= 0.3 is 0 Å². The van der Waals surface area contributed by atoms with Gasteiger partial charge in [-0.05, 0) is 36.1 Å². The van der Waals surface area contributed by atoms with E-state index < -0.39 is 17.2 Å². The Morgan fingerprint density at radius 2 is 1.52 bits per heavy atom. The van der Waals surface area contributed by atoms with E-state index in [0.717, 1.165) is 29.7 Å². The lowest BCUT2D eigenvalue weighted by atomic mass is 10.0. The summed E-state index contributed by atoms with van der Waals surface area (Å²) in [6.45, 7) is 2.19. The Labute approximate surface area is 157 Å². The third kappa shape index (κ3) is 4.35. The van der Waals surface area contributed by atoms with Crippen LogP contribution in [-0.2, 0) is 6.42 Å². The molecule has 27 heavy (non-hydrogen) atoms. The quantitative estimate of drug-likeness (QED) is 0.528. The second-order valence-corrected chi connectivity index (χ2v) is 6.38. The fourth-order valence-electron chi connectivity index (χ4n) is 2.88. The molecule has 0 radical (unpaired) electrons. The molecule has 3 rings (SSSR count). The molecular weight excluding hydrogens is 344 g/mol. The molecule has 0 aliphatic carbocycles. The zero-order valence-corrected chi connectivity index (χ0v) is 15.0. The molecule has 5 heteroatoms. The van der Waals surface area contributed by atoms with E-state index in [1.54, 1.807) is 12.4 Å². The Bertz CT molecular complexity index is 935. The Kier molecular flexibility index (Phi) is 5.87. The molecule has 0 N–H and O–H groups in total. The average Bonchev–Trinajstić information content (AvgIpc) is 2.69. The van der Waals surface area contributed by atoms with Gasteiger partial charge in [-0.3, -0.25) is 0 Å². The van der Waals surface area contributed by atoms with Gasteiger partial charge in [0.15, 0.2) is 5.82 Å². The van der Waals surface area contributed by atoms with Crippen molar-refractivity contribution in [1.29, 1.82) is 5.26 Å². The highest BCUT2D eigenvalue weighted by Gasteiger charge is 2.13. The van der Waals surface area contributed by atoms with E-state index in [2.05, 4.69) is 29.0 Å². The van der Waals surface area contributed by atoms with Crippen LogP contribution in [0.25, 0.3) is 22.5 Å². The fraction of sp³-hybridized carbons (Fsp3) is 0.227. The molecule has 3 nitrogen and oxygen atoms in total. The molecule has 1 aromatic heterocycles. The van der Waals surface area contributed by atoms with Crippen molar-refractivity contribution in [2.24, 2.45) is 0 Å². The van der Waals surface area contributed by atoms with E-state index in [1.165, 1.54) is 30.9 Å². The van der Waals surface area contributed by atoms with Crippen molar-refractivity contribution in [2.45, 2.75) is 32.6 Å². The van der Waals surface area contributed by atoms with Crippen LogP contribution in [0.4, 0.5) is 8.78 Å². The summed E-state index contributed by atoms with van der Waals surface area (Å²) in [6, 6.07) is 11.9. The predicted molar refractivity (Wildman–Crippen MR) is 101 cm³/mol. The fourth-order valence-corrected chi connectivity index (χ4v) is 2.88. The van der Waals surface area contributed by atoms with Gasteiger partial charge in [-0.25, -0.2) is 18.7 Å². The summed E-state index contributed by atoms with van der Waals surface area (Å²) in [5.74, 6) is -1.63. The van der Waals surface area contributed by atoms with Gasteiger partial charge in [0, 0.05) is 23.5 Å². The molecule has 0 aliphatic heterocycles. The van der Waals surface area contributed by atoms with Gasteiger partial charge in [-0.15, -0.1) is 0 Å². The lowest BCUT2D eigenvalue weighted by Gasteiger charge is -2.06. The maximum Gasteiger partial charge on any atom is 0.159 e. The van der Waals surface area contributed by atoms with Crippen LogP contribution in [0, 0.1) is 23.0 Å². The van der Waals surface area contributed by atoms with Crippen LogP contribution in [-0.4, -0.2) is 9.97 Å². The number of hydrogen-bond donors (Lipinski definition) is 0. The summed E-state index contributed by atoms with van der Waals surface area (Å²) >= 11 is 0. The maximum atomic E-state index is 13.8. The molecule has 0 saturated carbocycles. The molecular formula is C22H19F2N3. The first-order valence-corrected chi connectivity index (χ1v) is 8.93. The third-order valence-corrected chi connectivity index (χ3v) is 4.42. The van der Waals surface area contributed by atoms with Crippen LogP contribution in [0.15, 0.2) is 48.8 Å². The number of hydrogen-bond acceptors (Lipinski definition) is 3. The third-order valence-electron chi connectivity index (χ3n) is 4.42. The van der Waals surface area contributed by atoms with Crippen LogP contribution in [0.2, 0.25) is 0 Å². The largest absolute Gasteiger partial charge is 0.236 e. The maximum absolute atomic E-state index is 13.8. The van der Waals surface area contributed by atoms with E-state index >= 15 is 0 Å². The van der Waals surface area contributed by atoms with Crippen LogP contribution >= 0.6 is 0 Å². The summed E-state index contributed by atoms with van der Waals surface area (Å²) in [5.41, 5.74) is 2.70. The second kappa shape index (κ2) is 8.50. The van der Waals surface area contributed by atoms with E-state index in [-0.39, 0.29) is 11.4 Å². The van der Waals surface area contributed by atoms with Crippen molar-refractivity contribution < 1.29 is 8.78 Å². The first-order valence-electron chi connectivity index (χ1n) is 8.93. The second-order valence-electron chi connectivity index (χ2n) is 6.38. The first kappa shape index (κ1) is 18.7. The van der Waals surface area contributed by atoms with Gasteiger partial charge in [0.1, 0.15) is 23.3 Å². The Morgan fingerprint density at radius 1 is 0.889 bits per heavy atom. The molecule has 3 aromatic rings. The minimum absolute atomic E-state index is 0.196. The van der Waals surface area contributed by atoms with Crippen LogP contribution in [0.5, 0.6) is 0 Å². The molecule has 0 saturated heterocycles. The molecule has 136 valence electrons. The molecule has 0 spiro atoms. The number of aromatic nitrogens is 2. The normalized spacial score (nSPS) is 10.6. The standard InChI is InChI=1S/C22H19F2N3/c1-2-3-4-5-15-6-8-16(9-7-15)18-13-26-22(27-14-18)17-10-20(23)19(12-25)21(24)11-17/h6-11,13-14H,2-5H2,1H3. The summed E-state index contributed by atoms with van der Waals surface area (Å²) < 4.78 is 27.5. The highest BCUT2D eigenvalue weighted by atomic mass is 19.1. The summed E-state index contributed by atoms with van der Waals surface area (Å²) in [7, 11) is 0. The lowest BCUT2D eigenvalue weighted by molar-refractivity contribution is 0.577. The molecule has 0 atom stereocenters. The van der Waals surface area contributed by atoms with Gasteiger partial charge in [0.05, 0.1) is 0 Å². The topological polar surface area (TPSA) is 49.6 Å². The predicted octanol–water partition coefficient (Wildman–Crippen LogP) is 5.69. The summed E-state index contributed by atoms with van der Waals surface area (Å²) in [4.78, 5) is 8.44. The van der Waals surface area contributed by atoms with Crippen LogP contribution in [0.3, 0.4) is 0 Å². The van der Waals surface area contributed by atoms with E-state index in [0.29, 0.717) is 0 Å². The molecule has 2 aromatic carbocycles. The number of nitrogens with zero attached hydrogens (tertiary/aromatic N) is 3. The number of rotatable bonds is 6. The number of unbranched alkanes of at least 4 members (excludes halogenated alkanes) is 2.